The van der Waals surface area contributed by atoms with Gasteiger partial charge in [-0.05, 0) is 25.5 Å². The quantitative estimate of drug-likeness (QED) is 0.526. The largest absolute Gasteiger partial charge is 0.451 e. The Kier molecular flexibility index (Phi) is 8.33. The molecular formula is C21H30N2O4. The van der Waals surface area contributed by atoms with E-state index in [9.17, 15) is 14.7 Å². The van der Waals surface area contributed by atoms with Gasteiger partial charge in [0.1, 0.15) is 11.6 Å². The molecular weight excluding hydrogens is 344 g/mol. The third kappa shape index (κ3) is 6.40. The van der Waals surface area contributed by atoms with E-state index in [1.165, 1.54) is 26.2 Å². The van der Waals surface area contributed by atoms with Crippen LogP contribution < -0.4 is 10.6 Å². The average Bonchev–Trinajstić information content (AvgIpc) is 3.09. The maximum Gasteiger partial charge on any atom is 0.287 e. The van der Waals surface area contributed by atoms with Crippen LogP contribution in [0.1, 0.15) is 62.9 Å². The summed E-state index contributed by atoms with van der Waals surface area (Å²) in [6, 6.07) is 7.89. The minimum absolute atomic E-state index is 0.116. The second-order valence-corrected chi connectivity index (χ2v) is 6.90. The summed E-state index contributed by atoms with van der Waals surface area (Å²) < 4.78 is 5.51. The number of amides is 2. The fraction of sp³-hybridized carbons (Fsp3) is 0.524. The number of unbranched alkanes of at least 4 members (excludes halogenated alkanes) is 5. The molecule has 27 heavy (non-hydrogen) atoms. The molecule has 2 rings (SSSR count). The Balaban J connectivity index is 1.84. The molecule has 0 spiro atoms. The lowest BCUT2D eigenvalue weighted by Gasteiger charge is -2.20. The lowest BCUT2D eigenvalue weighted by atomic mass is 10.1. The summed E-state index contributed by atoms with van der Waals surface area (Å²) in [4.78, 5) is 24.8. The zero-order valence-corrected chi connectivity index (χ0v) is 16.2. The normalized spacial score (nSPS) is 13.3. The monoisotopic (exact) mass is 374 g/mol. The number of hydrogen-bond donors (Lipinski definition) is 3. The molecule has 0 unspecified atom stereocenters. The molecule has 0 saturated heterocycles. The number of fused-ring (bicyclic) bond motifs is 1. The summed E-state index contributed by atoms with van der Waals surface area (Å²) >= 11 is 0. The standard InChI is InChI=1S/C21H30N2O4/c1-3-4-5-6-7-10-13-22-21(26)19(15(2)24)23-20(25)18-14-16-11-8-9-12-17(16)27-18/h8-9,11-12,14-15,19,24H,3-7,10,13H2,1-2H3,(H,22,26)(H,23,25)/t15-,19+/m1/s1. The predicted octanol–water partition coefficient (Wildman–Crippen LogP) is 3.39. The molecule has 1 heterocycles. The molecule has 6 heteroatoms. The Morgan fingerprint density at radius 3 is 2.52 bits per heavy atom. The van der Waals surface area contributed by atoms with Crippen molar-refractivity contribution in [1.29, 1.82) is 0 Å². The lowest BCUT2D eigenvalue weighted by Crippen LogP contribution is -2.52. The van der Waals surface area contributed by atoms with Crippen LogP contribution >= 0.6 is 0 Å². The minimum atomic E-state index is -1.02. The van der Waals surface area contributed by atoms with Crippen LogP contribution in [0.2, 0.25) is 0 Å². The average molecular weight is 374 g/mol. The van der Waals surface area contributed by atoms with Gasteiger partial charge in [0.2, 0.25) is 5.91 Å². The molecule has 3 N–H and O–H groups in total. The Bertz CT molecular complexity index is 706. The highest BCUT2D eigenvalue weighted by Crippen LogP contribution is 2.18. The predicted molar refractivity (Wildman–Crippen MR) is 106 cm³/mol. The van der Waals surface area contributed by atoms with Crippen molar-refractivity contribution >= 4 is 22.8 Å². The maximum atomic E-state index is 12.4. The van der Waals surface area contributed by atoms with Crippen molar-refractivity contribution < 1.29 is 19.1 Å². The number of hydrogen-bond acceptors (Lipinski definition) is 4. The van der Waals surface area contributed by atoms with Crippen molar-refractivity contribution in [2.24, 2.45) is 0 Å². The number of nitrogens with one attached hydrogen (secondary N) is 2. The zero-order chi connectivity index (χ0) is 19.6. The van der Waals surface area contributed by atoms with Crippen molar-refractivity contribution in [3.8, 4) is 0 Å². The van der Waals surface area contributed by atoms with E-state index in [1.807, 2.05) is 18.2 Å². The second-order valence-electron chi connectivity index (χ2n) is 6.90. The number of aliphatic hydroxyl groups excluding tert-OH is 1. The Morgan fingerprint density at radius 2 is 1.81 bits per heavy atom. The summed E-state index contributed by atoms with van der Waals surface area (Å²) in [5.74, 6) is -0.791. The van der Waals surface area contributed by atoms with Crippen molar-refractivity contribution in [2.45, 2.75) is 64.5 Å². The van der Waals surface area contributed by atoms with Gasteiger partial charge in [-0.2, -0.15) is 0 Å². The summed E-state index contributed by atoms with van der Waals surface area (Å²) in [6.45, 7) is 4.19. The molecule has 1 aromatic carbocycles. The SMILES string of the molecule is CCCCCCCCNC(=O)[C@@H](NC(=O)c1cc2ccccc2o1)[C@@H](C)O. The molecule has 2 atom stereocenters. The molecule has 0 bridgehead atoms. The van der Waals surface area contributed by atoms with Gasteiger partial charge >= 0.3 is 0 Å². The highest BCUT2D eigenvalue weighted by Gasteiger charge is 2.27. The maximum absolute atomic E-state index is 12.4. The van der Waals surface area contributed by atoms with Gasteiger partial charge in [-0.15, -0.1) is 0 Å². The van der Waals surface area contributed by atoms with Gasteiger partial charge in [0.25, 0.3) is 5.91 Å². The number of furan rings is 1. The fourth-order valence-corrected chi connectivity index (χ4v) is 2.94. The van der Waals surface area contributed by atoms with Crippen LogP contribution in [0.3, 0.4) is 0 Å². The van der Waals surface area contributed by atoms with Gasteiger partial charge in [0.05, 0.1) is 6.10 Å². The Morgan fingerprint density at radius 1 is 1.11 bits per heavy atom. The molecule has 0 aliphatic heterocycles. The van der Waals surface area contributed by atoms with E-state index < -0.39 is 18.1 Å². The van der Waals surface area contributed by atoms with Crippen LogP contribution in [0, 0.1) is 0 Å². The van der Waals surface area contributed by atoms with Crippen LogP contribution in [0.15, 0.2) is 34.7 Å². The minimum Gasteiger partial charge on any atom is -0.451 e. The van der Waals surface area contributed by atoms with Gasteiger partial charge < -0.3 is 20.2 Å². The number of carbonyl (C=O) groups is 2. The van der Waals surface area contributed by atoms with E-state index in [4.69, 9.17) is 4.42 Å². The van der Waals surface area contributed by atoms with Crippen molar-refractivity contribution in [3.63, 3.8) is 0 Å². The molecule has 0 aliphatic rings. The zero-order valence-electron chi connectivity index (χ0n) is 16.2. The van der Waals surface area contributed by atoms with Crippen molar-refractivity contribution in [3.05, 3.63) is 36.1 Å². The van der Waals surface area contributed by atoms with Crippen LogP contribution in [0.4, 0.5) is 0 Å². The molecule has 0 aliphatic carbocycles. The Hall–Kier alpha value is -2.34. The van der Waals surface area contributed by atoms with E-state index in [1.54, 1.807) is 12.1 Å². The smallest absolute Gasteiger partial charge is 0.287 e. The summed E-state index contributed by atoms with van der Waals surface area (Å²) in [6.07, 6.45) is 5.76. The van der Waals surface area contributed by atoms with Gasteiger partial charge in [0.15, 0.2) is 5.76 Å². The molecule has 148 valence electrons. The van der Waals surface area contributed by atoms with Crippen LogP contribution in [0.5, 0.6) is 0 Å². The second kappa shape index (κ2) is 10.7. The third-order valence-corrected chi connectivity index (χ3v) is 4.53. The summed E-state index contributed by atoms with van der Waals surface area (Å²) in [5.41, 5.74) is 0.601. The fourth-order valence-electron chi connectivity index (χ4n) is 2.94. The van der Waals surface area contributed by atoms with Gasteiger partial charge in [-0.3, -0.25) is 9.59 Å². The highest BCUT2D eigenvalue weighted by atomic mass is 16.3. The topological polar surface area (TPSA) is 91.6 Å². The van der Waals surface area contributed by atoms with Crippen molar-refractivity contribution in [2.75, 3.05) is 6.54 Å². The van der Waals surface area contributed by atoms with Crippen LogP contribution in [-0.4, -0.2) is 35.6 Å². The van der Waals surface area contributed by atoms with Gasteiger partial charge in [-0.1, -0.05) is 57.2 Å². The Labute approximate surface area is 160 Å². The van der Waals surface area contributed by atoms with Crippen LogP contribution in [0.25, 0.3) is 11.0 Å². The lowest BCUT2D eigenvalue weighted by molar-refractivity contribution is -0.125. The van der Waals surface area contributed by atoms with Gasteiger partial charge in [0, 0.05) is 11.9 Å². The van der Waals surface area contributed by atoms with Gasteiger partial charge in [-0.25, -0.2) is 0 Å². The first-order valence-corrected chi connectivity index (χ1v) is 9.78. The first-order valence-electron chi connectivity index (χ1n) is 9.78. The molecule has 2 aromatic rings. The highest BCUT2D eigenvalue weighted by molar-refractivity contribution is 5.98. The molecule has 0 radical (unpaired) electrons. The van der Waals surface area contributed by atoms with E-state index in [0.29, 0.717) is 12.1 Å². The van der Waals surface area contributed by atoms with E-state index in [0.717, 1.165) is 24.6 Å². The first-order chi connectivity index (χ1) is 13.0. The summed E-state index contributed by atoms with van der Waals surface area (Å²) in [7, 11) is 0. The van der Waals surface area contributed by atoms with E-state index >= 15 is 0 Å². The molecule has 6 nitrogen and oxygen atoms in total. The number of carbonyl (C=O) groups excluding carboxylic acids is 2. The third-order valence-electron chi connectivity index (χ3n) is 4.53. The van der Waals surface area contributed by atoms with Crippen molar-refractivity contribution in [1.82, 2.24) is 10.6 Å². The number of para-hydroxylation sites is 1. The molecule has 0 fully saturated rings. The number of rotatable bonds is 11. The number of aliphatic hydroxyl groups is 1. The summed E-state index contributed by atoms with van der Waals surface area (Å²) in [5, 5.41) is 16.1. The number of benzene rings is 1. The van der Waals surface area contributed by atoms with E-state index in [-0.39, 0.29) is 11.7 Å². The molecule has 0 saturated carbocycles. The first kappa shape index (κ1) is 21.0. The molecule has 2 amide bonds. The van der Waals surface area contributed by atoms with Crippen LogP contribution in [-0.2, 0) is 4.79 Å². The molecule has 1 aromatic heterocycles. The van der Waals surface area contributed by atoms with E-state index in [2.05, 4.69) is 17.6 Å².